The summed E-state index contributed by atoms with van der Waals surface area (Å²) in [6.07, 6.45) is 0. The summed E-state index contributed by atoms with van der Waals surface area (Å²) in [4.78, 5) is 8.94. The fourth-order valence-electron chi connectivity index (χ4n) is 1.28. The zero-order chi connectivity index (χ0) is 11.3. The van der Waals surface area contributed by atoms with Crippen LogP contribution in [0.2, 0.25) is 0 Å². The van der Waals surface area contributed by atoms with Gasteiger partial charge in [-0.1, -0.05) is 27.7 Å². The highest BCUT2D eigenvalue weighted by Crippen LogP contribution is 2.15. The van der Waals surface area contributed by atoms with Crippen molar-refractivity contribution in [2.24, 2.45) is 0 Å². The largest absolute Gasteiger partial charge is 0.255 e. The predicted octanol–water partition coefficient (Wildman–Crippen LogP) is 3.55. The second kappa shape index (κ2) is 5.74. The molecule has 0 aliphatic rings. The Hall–Kier alpha value is -0.920. The number of nitrogens with zero attached hydrogens (tertiary/aromatic N) is 2. The van der Waals surface area contributed by atoms with Crippen LogP contribution in [0.3, 0.4) is 0 Å². The highest BCUT2D eigenvalue weighted by Gasteiger charge is 2.07. The second-order valence-electron chi connectivity index (χ2n) is 3.52. The molecule has 0 bridgehead atoms. The summed E-state index contributed by atoms with van der Waals surface area (Å²) < 4.78 is 0. The number of rotatable bonds is 1. The van der Waals surface area contributed by atoms with Gasteiger partial charge in [0.25, 0.3) is 0 Å². The zero-order valence-electron chi connectivity index (χ0n) is 10.5. The Labute approximate surface area is 87.8 Å². The molecular formula is C12H22N2. The van der Waals surface area contributed by atoms with Crippen molar-refractivity contribution in [1.82, 2.24) is 9.97 Å². The average Bonchev–Trinajstić information content (AvgIpc) is 2.14. The van der Waals surface area contributed by atoms with Crippen molar-refractivity contribution in [2.45, 2.75) is 54.4 Å². The van der Waals surface area contributed by atoms with E-state index in [4.69, 9.17) is 0 Å². The SMILES string of the molecule is CC.Cc1nc(C)c(C(C)C)nc1C. The van der Waals surface area contributed by atoms with Crippen LogP contribution in [0, 0.1) is 20.8 Å². The van der Waals surface area contributed by atoms with Crippen LogP contribution in [-0.2, 0) is 0 Å². The molecule has 0 atom stereocenters. The van der Waals surface area contributed by atoms with Gasteiger partial charge in [0.15, 0.2) is 0 Å². The Bertz CT molecular complexity index is 291. The van der Waals surface area contributed by atoms with Gasteiger partial charge >= 0.3 is 0 Å². The number of hydrogen-bond donors (Lipinski definition) is 0. The Balaban J connectivity index is 0.000000791. The van der Waals surface area contributed by atoms with Crippen LogP contribution in [0.25, 0.3) is 0 Å². The van der Waals surface area contributed by atoms with E-state index in [0.29, 0.717) is 5.92 Å². The topological polar surface area (TPSA) is 25.8 Å². The Morgan fingerprint density at radius 3 is 1.64 bits per heavy atom. The molecule has 1 aromatic rings. The maximum atomic E-state index is 4.51. The van der Waals surface area contributed by atoms with E-state index in [9.17, 15) is 0 Å². The summed E-state index contributed by atoms with van der Waals surface area (Å²) >= 11 is 0. The summed E-state index contributed by atoms with van der Waals surface area (Å²) in [6.45, 7) is 14.3. The highest BCUT2D eigenvalue weighted by atomic mass is 14.8. The maximum absolute atomic E-state index is 4.51. The van der Waals surface area contributed by atoms with Gasteiger partial charge in [-0.3, -0.25) is 9.97 Å². The van der Waals surface area contributed by atoms with Gasteiger partial charge < -0.3 is 0 Å². The number of hydrogen-bond acceptors (Lipinski definition) is 2. The first-order valence-corrected chi connectivity index (χ1v) is 5.34. The Morgan fingerprint density at radius 1 is 0.786 bits per heavy atom. The molecule has 0 aliphatic heterocycles. The monoisotopic (exact) mass is 194 g/mol. The molecule has 0 saturated heterocycles. The van der Waals surface area contributed by atoms with Crippen molar-refractivity contribution < 1.29 is 0 Å². The molecular weight excluding hydrogens is 172 g/mol. The third kappa shape index (κ3) is 3.09. The smallest absolute Gasteiger partial charge is 0.0644 e. The van der Waals surface area contributed by atoms with Crippen molar-refractivity contribution in [3.63, 3.8) is 0 Å². The molecule has 0 spiro atoms. The first-order chi connectivity index (χ1) is 6.52. The molecule has 1 rings (SSSR count). The standard InChI is InChI=1S/C10H16N2.C2H6/c1-6(2)10-9(5)11-7(3)8(4)12-10;1-2/h6H,1-5H3;1-2H3. The summed E-state index contributed by atoms with van der Waals surface area (Å²) in [7, 11) is 0. The lowest BCUT2D eigenvalue weighted by Crippen LogP contribution is -2.03. The van der Waals surface area contributed by atoms with Gasteiger partial charge in [0.1, 0.15) is 0 Å². The first-order valence-electron chi connectivity index (χ1n) is 5.34. The van der Waals surface area contributed by atoms with Crippen LogP contribution in [-0.4, -0.2) is 9.97 Å². The van der Waals surface area contributed by atoms with Crippen LogP contribution < -0.4 is 0 Å². The first kappa shape index (κ1) is 13.1. The molecule has 1 aromatic heterocycles. The van der Waals surface area contributed by atoms with Crippen molar-refractivity contribution in [2.75, 3.05) is 0 Å². The van der Waals surface area contributed by atoms with E-state index in [1.165, 1.54) is 0 Å². The minimum Gasteiger partial charge on any atom is -0.255 e. The van der Waals surface area contributed by atoms with Gasteiger partial charge in [0.05, 0.1) is 22.8 Å². The lowest BCUT2D eigenvalue weighted by Gasteiger charge is -2.09. The van der Waals surface area contributed by atoms with Gasteiger partial charge in [0, 0.05) is 0 Å². The molecule has 1 heterocycles. The lowest BCUT2D eigenvalue weighted by atomic mass is 10.1. The maximum Gasteiger partial charge on any atom is 0.0644 e. The zero-order valence-corrected chi connectivity index (χ0v) is 10.5. The van der Waals surface area contributed by atoms with Crippen LogP contribution in [0.1, 0.15) is 56.4 Å². The summed E-state index contributed by atoms with van der Waals surface area (Å²) in [5.41, 5.74) is 4.27. The van der Waals surface area contributed by atoms with Gasteiger partial charge in [-0.05, 0) is 26.7 Å². The van der Waals surface area contributed by atoms with Crippen molar-refractivity contribution in [3.05, 3.63) is 22.8 Å². The number of aryl methyl sites for hydroxylation is 3. The van der Waals surface area contributed by atoms with Gasteiger partial charge in [-0.15, -0.1) is 0 Å². The van der Waals surface area contributed by atoms with Crippen LogP contribution in [0.4, 0.5) is 0 Å². The van der Waals surface area contributed by atoms with E-state index < -0.39 is 0 Å². The van der Waals surface area contributed by atoms with Gasteiger partial charge in [-0.25, -0.2) is 0 Å². The summed E-state index contributed by atoms with van der Waals surface area (Å²) in [5, 5.41) is 0. The quantitative estimate of drug-likeness (QED) is 0.683. The lowest BCUT2D eigenvalue weighted by molar-refractivity contribution is 0.779. The van der Waals surface area contributed by atoms with E-state index in [1.54, 1.807) is 0 Å². The highest BCUT2D eigenvalue weighted by molar-refractivity contribution is 5.19. The fourth-order valence-corrected chi connectivity index (χ4v) is 1.28. The third-order valence-corrected chi connectivity index (χ3v) is 2.06. The van der Waals surface area contributed by atoms with Gasteiger partial charge in [-0.2, -0.15) is 0 Å². The molecule has 0 saturated carbocycles. The predicted molar refractivity (Wildman–Crippen MR) is 61.7 cm³/mol. The molecule has 2 nitrogen and oxygen atoms in total. The minimum absolute atomic E-state index is 0.469. The van der Waals surface area contributed by atoms with Crippen molar-refractivity contribution in [1.29, 1.82) is 0 Å². The molecule has 0 fully saturated rings. The second-order valence-corrected chi connectivity index (χ2v) is 3.52. The van der Waals surface area contributed by atoms with E-state index >= 15 is 0 Å². The molecule has 0 aliphatic carbocycles. The number of aromatic nitrogens is 2. The van der Waals surface area contributed by atoms with E-state index in [0.717, 1.165) is 22.8 Å². The Morgan fingerprint density at radius 2 is 1.21 bits per heavy atom. The van der Waals surface area contributed by atoms with Crippen molar-refractivity contribution in [3.8, 4) is 0 Å². The summed E-state index contributed by atoms with van der Waals surface area (Å²) in [5.74, 6) is 0.469. The molecule has 0 radical (unpaired) electrons. The van der Waals surface area contributed by atoms with Crippen LogP contribution in [0.15, 0.2) is 0 Å². The summed E-state index contributed by atoms with van der Waals surface area (Å²) in [6, 6.07) is 0. The molecule has 80 valence electrons. The van der Waals surface area contributed by atoms with Crippen LogP contribution >= 0.6 is 0 Å². The van der Waals surface area contributed by atoms with Crippen LogP contribution in [0.5, 0.6) is 0 Å². The van der Waals surface area contributed by atoms with E-state index in [-0.39, 0.29) is 0 Å². The molecule has 0 N–H and O–H groups in total. The normalized spacial score (nSPS) is 9.71. The average molecular weight is 194 g/mol. The minimum atomic E-state index is 0.469. The molecule has 0 unspecified atom stereocenters. The third-order valence-electron chi connectivity index (χ3n) is 2.06. The molecule has 0 amide bonds. The molecule has 14 heavy (non-hydrogen) atoms. The van der Waals surface area contributed by atoms with Gasteiger partial charge in [0.2, 0.25) is 0 Å². The Kier molecular flexibility index (Phi) is 5.36. The van der Waals surface area contributed by atoms with E-state index in [1.807, 2.05) is 34.6 Å². The fraction of sp³-hybridized carbons (Fsp3) is 0.667. The molecule has 2 heteroatoms. The van der Waals surface area contributed by atoms with Crippen molar-refractivity contribution >= 4 is 0 Å². The van der Waals surface area contributed by atoms with E-state index in [2.05, 4.69) is 23.8 Å². The molecule has 0 aromatic carbocycles.